The molecule has 0 aliphatic carbocycles. The van der Waals surface area contributed by atoms with Gasteiger partial charge in [-0.15, -0.1) is 0 Å². The van der Waals surface area contributed by atoms with E-state index in [0.29, 0.717) is 0 Å². The SMILES string of the molecule is CCn1nccc1C(NC)c1ccc(F)cn1. The average molecular weight is 234 g/mol. The van der Waals surface area contributed by atoms with Crippen LogP contribution < -0.4 is 5.32 Å². The molecule has 2 aromatic rings. The van der Waals surface area contributed by atoms with Gasteiger partial charge >= 0.3 is 0 Å². The van der Waals surface area contributed by atoms with Crippen LogP contribution in [0.15, 0.2) is 30.6 Å². The first-order valence-corrected chi connectivity index (χ1v) is 5.56. The van der Waals surface area contributed by atoms with E-state index < -0.39 is 0 Å². The quantitative estimate of drug-likeness (QED) is 0.876. The van der Waals surface area contributed by atoms with Crippen molar-refractivity contribution in [2.24, 2.45) is 0 Å². The Morgan fingerprint density at radius 3 is 2.82 bits per heavy atom. The van der Waals surface area contributed by atoms with E-state index in [9.17, 15) is 4.39 Å². The van der Waals surface area contributed by atoms with Gasteiger partial charge in [0, 0.05) is 12.7 Å². The molecule has 0 saturated heterocycles. The third-order valence-corrected chi connectivity index (χ3v) is 2.68. The van der Waals surface area contributed by atoms with Crippen molar-refractivity contribution in [1.82, 2.24) is 20.1 Å². The molecule has 1 N–H and O–H groups in total. The maximum Gasteiger partial charge on any atom is 0.141 e. The molecule has 2 heterocycles. The molecule has 0 aliphatic heterocycles. The molecule has 0 aromatic carbocycles. The van der Waals surface area contributed by atoms with Crippen LogP contribution in [-0.2, 0) is 6.54 Å². The van der Waals surface area contributed by atoms with Gasteiger partial charge in [0.15, 0.2) is 0 Å². The van der Waals surface area contributed by atoms with Crippen LogP contribution in [0.25, 0.3) is 0 Å². The second kappa shape index (κ2) is 5.05. The number of nitrogens with one attached hydrogen (secondary N) is 1. The van der Waals surface area contributed by atoms with Crippen molar-refractivity contribution >= 4 is 0 Å². The van der Waals surface area contributed by atoms with E-state index in [-0.39, 0.29) is 11.9 Å². The number of hydrogen-bond donors (Lipinski definition) is 1. The Balaban J connectivity index is 2.36. The molecule has 1 atom stereocenters. The van der Waals surface area contributed by atoms with E-state index in [4.69, 9.17) is 0 Å². The van der Waals surface area contributed by atoms with E-state index in [1.807, 2.05) is 24.7 Å². The van der Waals surface area contributed by atoms with E-state index in [0.717, 1.165) is 17.9 Å². The number of hydrogen-bond acceptors (Lipinski definition) is 3. The van der Waals surface area contributed by atoms with Crippen LogP contribution in [0.4, 0.5) is 4.39 Å². The van der Waals surface area contributed by atoms with E-state index >= 15 is 0 Å². The highest BCUT2D eigenvalue weighted by Crippen LogP contribution is 2.19. The molecule has 0 bridgehead atoms. The van der Waals surface area contributed by atoms with Crippen molar-refractivity contribution in [3.8, 4) is 0 Å². The lowest BCUT2D eigenvalue weighted by molar-refractivity contribution is 0.552. The van der Waals surface area contributed by atoms with Gasteiger partial charge in [0.25, 0.3) is 0 Å². The zero-order valence-corrected chi connectivity index (χ0v) is 9.89. The van der Waals surface area contributed by atoms with Gasteiger partial charge in [0.2, 0.25) is 0 Å². The summed E-state index contributed by atoms with van der Waals surface area (Å²) in [6, 6.07) is 4.97. The van der Waals surface area contributed by atoms with Crippen molar-refractivity contribution in [3.63, 3.8) is 0 Å². The van der Waals surface area contributed by atoms with Gasteiger partial charge < -0.3 is 5.32 Å². The first-order valence-electron chi connectivity index (χ1n) is 5.56. The van der Waals surface area contributed by atoms with Crippen molar-refractivity contribution in [3.05, 3.63) is 47.8 Å². The maximum atomic E-state index is 12.8. The minimum absolute atomic E-state index is 0.0713. The van der Waals surface area contributed by atoms with Crippen LogP contribution in [-0.4, -0.2) is 21.8 Å². The van der Waals surface area contributed by atoms with Crippen LogP contribution in [0.5, 0.6) is 0 Å². The normalized spacial score (nSPS) is 12.6. The second-order valence-electron chi connectivity index (χ2n) is 3.69. The number of pyridine rings is 1. The molecule has 2 rings (SSSR count). The largest absolute Gasteiger partial charge is 0.307 e. The number of halogens is 1. The van der Waals surface area contributed by atoms with Crippen molar-refractivity contribution in [1.29, 1.82) is 0 Å². The predicted octanol–water partition coefficient (Wildman–Crippen LogP) is 1.75. The van der Waals surface area contributed by atoms with Crippen molar-refractivity contribution in [2.45, 2.75) is 19.5 Å². The van der Waals surface area contributed by atoms with Gasteiger partial charge in [0.05, 0.1) is 23.6 Å². The molecule has 0 saturated carbocycles. The van der Waals surface area contributed by atoms with Crippen LogP contribution in [0.1, 0.15) is 24.4 Å². The van der Waals surface area contributed by atoms with Gasteiger partial charge in [-0.05, 0) is 32.2 Å². The third-order valence-electron chi connectivity index (χ3n) is 2.68. The number of aromatic nitrogens is 3. The van der Waals surface area contributed by atoms with Crippen molar-refractivity contribution < 1.29 is 4.39 Å². The summed E-state index contributed by atoms with van der Waals surface area (Å²) < 4.78 is 14.7. The molecule has 0 amide bonds. The van der Waals surface area contributed by atoms with Gasteiger partial charge in [-0.2, -0.15) is 5.10 Å². The Kier molecular flexibility index (Phi) is 3.49. The molecule has 0 spiro atoms. The van der Waals surface area contributed by atoms with Crippen LogP contribution in [0.2, 0.25) is 0 Å². The first kappa shape index (κ1) is 11.7. The summed E-state index contributed by atoms with van der Waals surface area (Å²) in [5.74, 6) is -0.326. The molecule has 1 unspecified atom stereocenters. The summed E-state index contributed by atoms with van der Waals surface area (Å²) in [5.41, 5.74) is 1.80. The highest BCUT2D eigenvalue weighted by Gasteiger charge is 2.17. The summed E-state index contributed by atoms with van der Waals surface area (Å²) in [5, 5.41) is 7.39. The molecule has 0 fully saturated rings. The van der Waals surface area contributed by atoms with Gasteiger partial charge in [-0.3, -0.25) is 9.67 Å². The summed E-state index contributed by atoms with van der Waals surface area (Å²) >= 11 is 0. The lowest BCUT2D eigenvalue weighted by atomic mass is 10.1. The Labute approximate surface area is 99.5 Å². The Hall–Kier alpha value is -1.75. The molecule has 0 radical (unpaired) electrons. The minimum atomic E-state index is -0.326. The third kappa shape index (κ3) is 2.34. The maximum absolute atomic E-state index is 12.8. The highest BCUT2D eigenvalue weighted by molar-refractivity contribution is 5.21. The van der Waals surface area contributed by atoms with E-state index in [1.165, 1.54) is 12.3 Å². The van der Waals surface area contributed by atoms with Crippen molar-refractivity contribution in [2.75, 3.05) is 7.05 Å². The topological polar surface area (TPSA) is 42.7 Å². The van der Waals surface area contributed by atoms with Gasteiger partial charge in [0.1, 0.15) is 5.82 Å². The fourth-order valence-electron chi connectivity index (χ4n) is 1.86. The predicted molar refractivity (Wildman–Crippen MR) is 63.0 cm³/mol. The highest BCUT2D eigenvalue weighted by atomic mass is 19.1. The van der Waals surface area contributed by atoms with Crippen LogP contribution in [0, 0.1) is 5.82 Å². The number of aryl methyl sites for hydroxylation is 1. The molecule has 2 aromatic heterocycles. The van der Waals surface area contributed by atoms with Gasteiger partial charge in [-0.1, -0.05) is 0 Å². The van der Waals surface area contributed by atoms with Crippen LogP contribution >= 0.6 is 0 Å². The average Bonchev–Trinajstić information content (AvgIpc) is 2.81. The first-order chi connectivity index (χ1) is 8.26. The molecule has 17 heavy (non-hydrogen) atoms. The van der Waals surface area contributed by atoms with Gasteiger partial charge in [-0.25, -0.2) is 4.39 Å². The summed E-state index contributed by atoms with van der Waals surface area (Å²) in [6.07, 6.45) is 2.99. The molecule has 4 nitrogen and oxygen atoms in total. The lowest BCUT2D eigenvalue weighted by Crippen LogP contribution is -2.22. The zero-order chi connectivity index (χ0) is 12.3. The fourth-order valence-corrected chi connectivity index (χ4v) is 1.86. The lowest BCUT2D eigenvalue weighted by Gasteiger charge is -2.16. The summed E-state index contributed by atoms with van der Waals surface area (Å²) in [6.45, 7) is 2.82. The summed E-state index contributed by atoms with van der Waals surface area (Å²) in [4.78, 5) is 4.10. The fraction of sp³-hybridized carbons (Fsp3) is 0.333. The Morgan fingerprint density at radius 2 is 2.24 bits per heavy atom. The molecular weight excluding hydrogens is 219 g/mol. The number of nitrogens with zero attached hydrogens (tertiary/aromatic N) is 3. The van der Waals surface area contributed by atoms with E-state index in [1.54, 1.807) is 12.3 Å². The molecule has 0 aliphatic rings. The zero-order valence-electron chi connectivity index (χ0n) is 9.89. The second-order valence-corrected chi connectivity index (χ2v) is 3.69. The Morgan fingerprint density at radius 1 is 1.41 bits per heavy atom. The molecule has 90 valence electrons. The Bertz CT molecular complexity index is 478. The number of rotatable bonds is 4. The summed E-state index contributed by atoms with van der Waals surface area (Å²) in [7, 11) is 1.85. The molecular formula is C12H15FN4. The van der Waals surface area contributed by atoms with Crippen LogP contribution in [0.3, 0.4) is 0 Å². The monoisotopic (exact) mass is 234 g/mol. The standard InChI is InChI=1S/C12H15FN4/c1-3-17-11(6-7-16-17)12(14-2)10-5-4-9(13)8-15-10/h4-8,12,14H,3H2,1-2H3. The molecule has 5 heteroatoms. The minimum Gasteiger partial charge on any atom is -0.307 e. The van der Waals surface area contributed by atoms with E-state index in [2.05, 4.69) is 15.4 Å². The smallest absolute Gasteiger partial charge is 0.141 e.